The molecule has 5 rings (SSSR count). The molecule has 0 bridgehead atoms. The van der Waals surface area contributed by atoms with Crippen LogP contribution in [0.25, 0.3) is 11.6 Å². The van der Waals surface area contributed by atoms with Crippen LogP contribution >= 0.6 is 0 Å². The average Bonchev–Trinajstić information content (AvgIpc) is 3.03. The van der Waals surface area contributed by atoms with Crippen molar-refractivity contribution in [3.63, 3.8) is 0 Å². The first-order chi connectivity index (χ1) is 21.2. The Hall–Kier alpha value is -6.07. The van der Waals surface area contributed by atoms with Crippen molar-refractivity contribution in [3.8, 4) is 11.8 Å². The van der Waals surface area contributed by atoms with Crippen molar-refractivity contribution in [2.24, 2.45) is 0 Å². The van der Waals surface area contributed by atoms with E-state index in [2.05, 4.69) is 11.8 Å². The number of hydrogen-bond donors (Lipinski definition) is 0. The Bertz CT molecular complexity index is 1890. The monoisotopic (exact) mass is 582 g/mol. The van der Waals surface area contributed by atoms with Crippen LogP contribution in [0.1, 0.15) is 42.0 Å². The molecule has 0 radical (unpaired) electrons. The molecule has 8 nitrogen and oxygen atoms in total. The number of benzene rings is 4. The van der Waals surface area contributed by atoms with Crippen LogP contribution in [-0.4, -0.2) is 15.6 Å². The fraction of sp³-hybridized carbons (Fsp3) is 0.0833. The second-order valence-corrected chi connectivity index (χ2v) is 10.0. The third kappa shape index (κ3) is 6.37. The molecule has 0 N–H and O–H groups in total. The number of ether oxygens (including phenoxy) is 1. The van der Waals surface area contributed by atoms with Crippen molar-refractivity contribution in [3.05, 3.63) is 174 Å². The van der Waals surface area contributed by atoms with E-state index in [1.807, 2.05) is 60.7 Å². The Kier molecular flexibility index (Phi) is 8.59. The molecule has 0 amide bonds. The Labute approximate surface area is 253 Å². The molecule has 8 heteroatoms. The number of non-ortho nitro benzene ring substituents is 2. The minimum absolute atomic E-state index is 0.0379. The molecule has 0 aliphatic carbocycles. The maximum atomic E-state index is 13.2. The summed E-state index contributed by atoms with van der Waals surface area (Å²) in [6.07, 6.45) is 1.77. The topological polar surface area (TPSA) is 113 Å². The van der Waals surface area contributed by atoms with Gasteiger partial charge in [0, 0.05) is 41.3 Å². The maximum absolute atomic E-state index is 13.2. The number of Topliss-reactive ketones (excluding diaryl/α,β-unsaturated/α-hetero) is 1. The van der Waals surface area contributed by atoms with Gasteiger partial charge < -0.3 is 4.74 Å². The molecule has 0 fully saturated rings. The SMILES string of the molecule is CC(=O)/C(=C/c1ccccc1)C1=C(c2ccc([N+](=O)[O-])cc2)C(c2ccccc2)C(C#Cc2ccc([N+](=O)[O-])cc2)=C(C)O1. The van der Waals surface area contributed by atoms with Crippen molar-refractivity contribution < 1.29 is 19.4 Å². The highest BCUT2D eigenvalue weighted by atomic mass is 16.6. The third-order valence-electron chi connectivity index (χ3n) is 7.13. The third-order valence-corrected chi connectivity index (χ3v) is 7.13. The lowest BCUT2D eigenvalue weighted by Gasteiger charge is -2.31. The number of rotatable bonds is 7. The van der Waals surface area contributed by atoms with E-state index >= 15 is 0 Å². The molecule has 44 heavy (non-hydrogen) atoms. The van der Waals surface area contributed by atoms with Crippen LogP contribution < -0.4 is 0 Å². The zero-order valence-electron chi connectivity index (χ0n) is 23.9. The van der Waals surface area contributed by atoms with Gasteiger partial charge >= 0.3 is 0 Å². The number of nitro groups is 2. The molecule has 1 aliphatic heterocycles. The predicted octanol–water partition coefficient (Wildman–Crippen LogP) is 8.03. The highest BCUT2D eigenvalue weighted by Gasteiger charge is 2.34. The van der Waals surface area contributed by atoms with Crippen molar-refractivity contribution in [2.45, 2.75) is 19.8 Å². The summed E-state index contributed by atoms with van der Waals surface area (Å²) < 4.78 is 6.47. The van der Waals surface area contributed by atoms with E-state index in [4.69, 9.17) is 4.74 Å². The second-order valence-electron chi connectivity index (χ2n) is 10.0. The highest BCUT2D eigenvalue weighted by molar-refractivity contribution is 6.04. The lowest BCUT2D eigenvalue weighted by molar-refractivity contribution is -0.385. The highest BCUT2D eigenvalue weighted by Crippen LogP contribution is 2.47. The molecule has 1 atom stereocenters. The van der Waals surface area contributed by atoms with E-state index in [9.17, 15) is 25.0 Å². The number of carbonyl (C=O) groups is 1. The molecule has 0 saturated heterocycles. The molecular weight excluding hydrogens is 556 g/mol. The van der Waals surface area contributed by atoms with Gasteiger partial charge in [-0.25, -0.2) is 0 Å². The van der Waals surface area contributed by atoms with Crippen LogP contribution in [0.2, 0.25) is 0 Å². The van der Waals surface area contributed by atoms with Gasteiger partial charge in [0.05, 0.1) is 21.0 Å². The summed E-state index contributed by atoms with van der Waals surface area (Å²) in [5.41, 5.74) is 4.35. The van der Waals surface area contributed by atoms with Crippen LogP contribution in [0.5, 0.6) is 0 Å². The molecule has 0 aromatic heterocycles. The zero-order chi connectivity index (χ0) is 31.2. The fourth-order valence-electron chi connectivity index (χ4n) is 4.99. The number of carbonyl (C=O) groups excluding carboxylic acids is 1. The molecule has 216 valence electrons. The van der Waals surface area contributed by atoms with E-state index in [-0.39, 0.29) is 17.2 Å². The summed E-state index contributed by atoms with van der Waals surface area (Å²) in [7, 11) is 0. The van der Waals surface area contributed by atoms with Gasteiger partial charge in [0.15, 0.2) is 5.78 Å². The number of nitrogens with zero attached hydrogens (tertiary/aromatic N) is 2. The lowest BCUT2D eigenvalue weighted by Crippen LogP contribution is -2.18. The van der Waals surface area contributed by atoms with Gasteiger partial charge in [0.25, 0.3) is 11.4 Å². The first kappa shape index (κ1) is 29.4. The van der Waals surface area contributed by atoms with Gasteiger partial charge in [-0.15, -0.1) is 0 Å². The second kappa shape index (κ2) is 12.8. The van der Waals surface area contributed by atoms with Crippen LogP contribution in [0.4, 0.5) is 11.4 Å². The Morgan fingerprint density at radius 3 is 1.86 bits per heavy atom. The van der Waals surface area contributed by atoms with Crippen LogP contribution in [0.3, 0.4) is 0 Å². The number of hydrogen-bond acceptors (Lipinski definition) is 6. The van der Waals surface area contributed by atoms with E-state index in [1.165, 1.54) is 31.2 Å². The van der Waals surface area contributed by atoms with E-state index in [1.54, 1.807) is 37.3 Å². The fourth-order valence-corrected chi connectivity index (χ4v) is 4.99. The van der Waals surface area contributed by atoms with Gasteiger partial charge in [-0.05, 0) is 60.9 Å². The van der Waals surface area contributed by atoms with Gasteiger partial charge in [-0.2, -0.15) is 0 Å². The number of nitro benzene ring substituents is 2. The van der Waals surface area contributed by atoms with Crippen LogP contribution in [0.15, 0.2) is 132 Å². The van der Waals surface area contributed by atoms with E-state index in [0.717, 1.165) is 11.1 Å². The van der Waals surface area contributed by atoms with Gasteiger partial charge in [-0.3, -0.25) is 25.0 Å². The summed E-state index contributed by atoms with van der Waals surface area (Å²) in [4.78, 5) is 34.9. The predicted molar refractivity (Wildman–Crippen MR) is 168 cm³/mol. The molecule has 0 spiro atoms. The number of ketones is 1. The summed E-state index contributed by atoms with van der Waals surface area (Å²) >= 11 is 0. The lowest BCUT2D eigenvalue weighted by atomic mass is 9.77. The molecule has 1 aliphatic rings. The Balaban J connectivity index is 1.76. The van der Waals surface area contributed by atoms with Crippen LogP contribution in [-0.2, 0) is 9.53 Å². The van der Waals surface area contributed by atoms with Gasteiger partial charge in [0.2, 0.25) is 0 Å². The van der Waals surface area contributed by atoms with Crippen molar-refractivity contribution >= 4 is 28.8 Å². The smallest absolute Gasteiger partial charge is 0.269 e. The van der Waals surface area contributed by atoms with Gasteiger partial charge in [-0.1, -0.05) is 72.5 Å². The minimum Gasteiger partial charge on any atom is -0.460 e. The first-order valence-corrected chi connectivity index (χ1v) is 13.7. The minimum atomic E-state index is -0.509. The molecule has 0 saturated carbocycles. The zero-order valence-corrected chi connectivity index (χ0v) is 23.9. The standard InChI is InChI=1S/C36H26N2O6/c1-24(39)33(23-27-9-5-3-6-10-27)36-35(29-16-20-31(21-17-29)38(42)43)34(28-11-7-4-8-12-28)32(25(2)44-36)22-15-26-13-18-30(19-14-26)37(40)41/h3-14,16-21,23,34H,1-2H3/b33-23-. The molecule has 4 aromatic carbocycles. The summed E-state index contributed by atoms with van der Waals surface area (Å²) in [5, 5.41) is 22.6. The summed E-state index contributed by atoms with van der Waals surface area (Å²) in [6, 6.07) is 31.1. The molecular formula is C36H26N2O6. The van der Waals surface area contributed by atoms with E-state index < -0.39 is 15.8 Å². The summed E-state index contributed by atoms with van der Waals surface area (Å²) in [5.74, 6) is 6.44. The Morgan fingerprint density at radius 2 is 1.32 bits per heavy atom. The maximum Gasteiger partial charge on any atom is 0.269 e. The van der Waals surface area contributed by atoms with Crippen molar-refractivity contribution in [2.75, 3.05) is 0 Å². The Morgan fingerprint density at radius 1 is 0.773 bits per heavy atom. The largest absolute Gasteiger partial charge is 0.460 e. The quantitative estimate of drug-likeness (QED) is 0.0944. The van der Waals surface area contributed by atoms with Crippen molar-refractivity contribution in [1.29, 1.82) is 0 Å². The first-order valence-electron chi connectivity index (χ1n) is 13.7. The normalized spacial score (nSPS) is 14.8. The van der Waals surface area contributed by atoms with Crippen LogP contribution in [0, 0.1) is 32.1 Å². The van der Waals surface area contributed by atoms with E-state index in [0.29, 0.717) is 39.4 Å². The van der Waals surface area contributed by atoms with Crippen molar-refractivity contribution in [1.82, 2.24) is 0 Å². The molecule has 1 unspecified atom stereocenters. The van der Waals surface area contributed by atoms with Gasteiger partial charge in [0.1, 0.15) is 11.5 Å². The number of allylic oxidation sites excluding steroid dienone is 4. The average molecular weight is 583 g/mol. The molecule has 4 aromatic rings. The summed E-state index contributed by atoms with van der Waals surface area (Å²) in [6.45, 7) is 3.25. The molecule has 1 heterocycles.